The monoisotopic (exact) mass is 206 g/mol. The molecule has 0 amide bonds. The number of benzene rings is 1. The zero-order valence-electron chi connectivity index (χ0n) is 9.78. The number of hydrogen-bond donors (Lipinski definition) is 0. The molecule has 0 spiro atoms. The second-order valence-corrected chi connectivity index (χ2v) is 4.30. The fourth-order valence-corrected chi connectivity index (χ4v) is 1.82. The molecule has 0 radical (unpaired) electrons. The van der Waals surface area contributed by atoms with Gasteiger partial charge < -0.3 is 9.47 Å². The van der Waals surface area contributed by atoms with Crippen molar-refractivity contribution in [2.75, 3.05) is 0 Å². The molecule has 1 heterocycles. The molecule has 3 atom stereocenters. The fraction of sp³-hybridized carbons (Fsp3) is 0.538. The minimum absolute atomic E-state index is 0.176. The average molecular weight is 206 g/mol. The summed E-state index contributed by atoms with van der Waals surface area (Å²) < 4.78 is 11.5. The minimum atomic E-state index is -0.185. The molecule has 1 aliphatic rings. The van der Waals surface area contributed by atoms with Crippen molar-refractivity contribution in [3.05, 3.63) is 34.9 Å². The summed E-state index contributed by atoms with van der Waals surface area (Å²) in [5.41, 5.74) is 3.71. The fourth-order valence-electron chi connectivity index (χ4n) is 1.82. The van der Waals surface area contributed by atoms with Crippen LogP contribution in [0.1, 0.15) is 36.8 Å². The van der Waals surface area contributed by atoms with E-state index in [0.29, 0.717) is 0 Å². The highest BCUT2D eigenvalue weighted by atomic mass is 16.7. The van der Waals surface area contributed by atoms with Crippen molar-refractivity contribution < 1.29 is 9.47 Å². The predicted octanol–water partition coefficient (Wildman–Crippen LogP) is 3.13. The number of ether oxygens (including phenoxy) is 2. The lowest BCUT2D eigenvalue weighted by atomic mass is 10.0. The van der Waals surface area contributed by atoms with Crippen LogP contribution in [0.4, 0.5) is 0 Å². The van der Waals surface area contributed by atoms with Crippen LogP contribution in [-0.4, -0.2) is 12.2 Å². The molecule has 0 aliphatic carbocycles. The van der Waals surface area contributed by atoms with Gasteiger partial charge in [-0.2, -0.15) is 0 Å². The van der Waals surface area contributed by atoms with E-state index in [1.807, 2.05) is 0 Å². The van der Waals surface area contributed by atoms with Gasteiger partial charge in [0.2, 0.25) is 0 Å². The van der Waals surface area contributed by atoms with E-state index < -0.39 is 0 Å². The zero-order chi connectivity index (χ0) is 11.0. The molecular formula is C13H18O2. The highest BCUT2D eigenvalue weighted by molar-refractivity contribution is 5.34. The molecule has 0 aromatic heterocycles. The first-order valence-corrected chi connectivity index (χ1v) is 5.46. The summed E-state index contributed by atoms with van der Waals surface area (Å²) in [4.78, 5) is 0. The molecule has 1 aromatic carbocycles. The summed E-state index contributed by atoms with van der Waals surface area (Å²) in [6.07, 6.45) is 0.166. The van der Waals surface area contributed by atoms with Crippen molar-refractivity contribution in [3.63, 3.8) is 0 Å². The summed E-state index contributed by atoms with van der Waals surface area (Å²) in [7, 11) is 0. The smallest absolute Gasteiger partial charge is 0.184 e. The van der Waals surface area contributed by atoms with Crippen molar-refractivity contribution in [2.45, 2.75) is 46.2 Å². The Kier molecular flexibility index (Phi) is 2.81. The molecule has 1 aliphatic heterocycles. The molecule has 1 unspecified atom stereocenters. The van der Waals surface area contributed by atoms with Gasteiger partial charge in [-0.25, -0.2) is 0 Å². The maximum Gasteiger partial charge on any atom is 0.184 e. The van der Waals surface area contributed by atoms with Crippen LogP contribution >= 0.6 is 0 Å². The lowest BCUT2D eigenvalue weighted by molar-refractivity contribution is -0.0657. The van der Waals surface area contributed by atoms with Crippen molar-refractivity contribution >= 4 is 0 Å². The van der Waals surface area contributed by atoms with Crippen LogP contribution in [-0.2, 0) is 9.47 Å². The Morgan fingerprint density at radius 2 is 1.60 bits per heavy atom. The Morgan fingerprint density at radius 1 is 1.00 bits per heavy atom. The SMILES string of the molecule is Cc1cccc(C2O[C@@H](C)[C@@H](C)O2)c1C. The summed E-state index contributed by atoms with van der Waals surface area (Å²) in [5, 5.41) is 0. The zero-order valence-corrected chi connectivity index (χ0v) is 9.78. The van der Waals surface area contributed by atoms with E-state index in [-0.39, 0.29) is 18.5 Å². The van der Waals surface area contributed by atoms with Gasteiger partial charge in [0.25, 0.3) is 0 Å². The van der Waals surface area contributed by atoms with E-state index in [2.05, 4.69) is 45.9 Å². The molecule has 0 bridgehead atoms. The predicted molar refractivity (Wildman–Crippen MR) is 59.8 cm³/mol. The van der Waals surface area contributed by atoms with Gasteiger partial charge in [0.05, 0.1) is 12.2 Å². The Hall–Kier alpha value is -0.860. The molecular weight excluding hydrogens is 188 g/mol. The second kappa shape index (κ2) is 3.95. The molecule has 2 rings (SSSR count). The van der Waals surface area contributed by atoms with Crippen molar-refractivity contribution in [1.82, 2.24) is 0 Å². The third-order valence-electron chi connectivity index (χ3n) is 3.24. The summed E-state index contributed by atoms with van der Waals surface area (Å²) >= 11 is 0. The molecule has 0 saturated carbocycles. The first kappa shape index (κ1) is 10.7. The third kappa shape index (κ3) is 1.92. The van der Waals surface area contributed by atoms with E-state index >= 15 is 0 Å². The standard InChI is InChI=1S/C13H18O2/c1-8-6-5-7-12(9(8)2)13-14-10(3)11(4)15-13/h5-7,10-11,13H,1-4H3/t10-,11+,13?. The topological polar surface area (TPSA) is 18.5 Å². The van der Waals surface area contributed by atoms with Crippen LogP contribution in [0.15, 0.2) is 18.2 Å². The number of rotatable bonds is 1. The largest absolute Gasteiger partial charge is 0.343 e. The average Bonchev–Trinajstić information content (AvgIpc) is 2.51. The Balaban J connectivity index is 2.27. The van der Waals surface area contributed by atoms with E-state index in [0.717, 1.165) is 5.56 Å². The van der Waals surface area contributed by atoms with Crippen LogP contribution in [0.3, 0.4) is 0 Å². The van der Waals surface area contributed by atoms with Gasteiger partial charge in [0.1, 0.15) is 0 Å². The molecule has 1 saturated heterocycles. The van der Waals surface area contributed by atoms with E-state index in [9.17, 15) is 0 Å². The van der Waals surface area contributed by atoms with Crippen LogP contribution in [0.25, 0.3) is 0 Å². The Morgan fingerprint density at radius 3 is 2.20 bits per heavy atom. The quantitative estimate of drug-likeness (QED) is 0.702. The van der Waals surface area contributed by atoms with Gasteiger partial charge in [-0.1, -0.05) is 18.2 Å². The van der Waals surface area contributed by atoms with Gasteiger partial charge in [0.15, 0.2) is 6.29 Å². The third-order valence-corrected chi connectivity index (χ3v) is 3.24. The maximum atomic E-state index is 5.77. The van der Waals surface area contributed by atoms with Gasteiger partial charge in [-0.05, 0) is 38.8 Å². The van der Waals surface area contributed by atoms with Crippen LogP contribution < -0.4 is 0 Å². The molecule has 15 heavy (non-hydrogen) atoms. The first-order valence-electron chi connectivity index (χ1n) is 5.46. The van der Waals surface area contributed by atoms with E-state index in [4.69, 9.17) is 9.47 Å². The van der Waals surface area contributed by atoms with Crippen molar-refractivity contribution in [2.24, 2.45) is 0 Å². The normalized spacial score (nSPS) is 30.8. The molecule has 2 heteroatoms. The summed E-state index contributed by atoms with van der Waals surface area (Å²) in [5.74, 6) is 0. The second-order valence-electron chi connectivity index (χ2n) is 4.30. The van der Waals surface area contributed by atoms with Gasteiger partial charge >= 0.3 is 0 Å². The highest BCUT2D eigenvalue weighted by Crippen LogP contribution is 2.33. The molecule has 1 aromatic rings. The van der Waals surface area contributed by atoms with Gasteiger partial charge in [-0.3, -0.25) is 0 Å². The highest BCUT2D eigenvalue weighted by Gasteiger charge is 2.31. The lowest BCUT2D eigenvalue weighted by Gasteiger charge is -2.14. The maximum absolute atomic E-state index is 5.77. The first-order chi connectivity index (χ1) is 7.09. The molecule has 1 fully saturated rings. The minimum Gasteiger partial charge on any atom is -0.343 e. The van der Waals surface area contributed by atoms with E-state index in [1.165, 1.54) is 11.1 Å². The van der Waals surface area contributed by atoms with Gasteiger partial charge in [0, 0.05) is 5.56 Å². The lowest BCUT2D eigenvalue weighted by Crippen LogP contribution is -2.13. The molecule has 0 N–H and O–H groups in total. The van der Waals surface area contributed by atoms with Gasteiger partial charge in [-0.15, -0.1) is 0 Å². The Labute approximate surface area is 91.2 Å². The van der Waals surface area contributed by atoms with Crippen molar-refractivity contribution in [3.8, 4) is 0 Å². The van der Waals surface area contributed by atoms with Crippen LogP contribution in [0, 0.1) is 13.8 Å². The van der Waals surface area contributed by atoms with Crippen LogP contribution in [0.2, 0.25) is 0 Å². The van der Waals surface area contributed by atoms with Crippen molar-refractivity contribution in [1.29, 1.82) is 0 Å². The Bertz CT molecular complexity index is 350. The van der Waals surface area contributed by atoms with Crippen LogP contribution in [0.5, 0.6) is 0 Å². The summed E-state index contributed by atoms with van der Waals surface area (Å²) in [6.45, 7) is 8.33. The number of aryl methyl sites for hydroxylation is 1. The van der Waals surface area contributed by atoms with E-state index in [1.54, 1.807) is 0 Å². The molecule has 82 valence electrons. The molecule has 2 nitrogen and oxygen atoms in total. The number of hydrogen-bond acceptors (Lipinski definition) is 2. The summed E-state index contributed by atoms with van der Waals surface area (Å²) in [6, 6.07) is 6.25.